The van der Waals surface area contributed by atoms with E-state index < -0.39 is 124 Å². The Balaban J connectivity index is 1.09. The van der Waals surface area contributed by atoms with Crippen LogP contribution in [-0.2, 0) is 49.5 Å². The number of aliphatic hydroxyl groups excluding tert-OH is 3. The van der Waals surface area contributed by atoms with Gasteiger partial charge < -0.3 is 80.4 Å². The Morgan fingerprint density at radius 3 is 2.24 bits per heavy atom. The van der Waals surface area contributed by atoms with Gasteiger partial charge in [0.05, 0.1) is 56.0 Å². The number of allylic oxidation sites excluding steroid dienone is 3. The number of rotatable bonds is 16. The highest BCUT2D eigenvalue weighted by atomic mass is 16.7. The van der Waals surface area contributed by atoms with Crippen LogP contribution in [0.25, 0.3) is 28.0 Å². The Labute approximate surface area is 546 Å². The Morgan fingerprint density at radius 2 is 1.62 bits per heavy atom. The van der Waals surface area contributed by atoms with Crippen LogP contribution >= 0.6 is 0 Å². The second kappa shape index (κ2) is 29.4. The van der Waals surface area contributed by atoms with E-state index in [-0.39, 0.29) is 80.7 Å². The number of aliphatic hydroxyl groups is 3. The molecular weight excluding hydrogens is 1210 g/mol. The first-order valence-corrected chi connectivity index (χ1v) is 32.0. The van der Waals surface area contributed by atoms with Gasteiger partial charge >= 0.3 is 17.8 Å². The number of carbonyl (C=O) groups is 6. The van der Waals surface area contributed by atoms with Crippen molar-refractivity contribution in [3.8, 4) is 0 Å². The molecule has 4 aromatic rings. The van der Waals surface area contributed by atoms with E-state index in [4.69, 9.17) is 34.1 Å². The summed E-state index contributed by atoms with van der Waals surface area (Å²) in [6.07, 6.45) is 5.38. The number of ether oxygens (including phenoxy) is 4. The summed E-state index contributed by atoms with van der Waals surface area (Å²) in [6, 6.07) is 8.75. The van der Waals surface area contributed by atoms with E-state index in [1.54, 1.807) is 53.0 Å². The van der Waals surface area contributed by atoms with E-state index in [0.717, 1.165) is 18.4 Å². The van der Waals surface area contributed by atoms with E-state index in [2.05, 4.69) is 45.6 Å². The standard InChI is InChI=1S/C69H91N9O16/c1-34(2)53(71-11)67(88)74-46(19-16-27-72-68(70)89)66(87)73-43-22-20-42(21-23-43)33-78(12,13)45-24-28-77(29-25-45)44-31-47(80)54-49(32-44)93-63-55(75-54)50-51-59(83)40(8)62-52(50)64(85)69(10,94-62)91-30-26-48(90-14)37(5)61(92-41(9)79)39(7)58(82)38(6)57(81)35(3)17-15-18-36(4)65(86)76-56(63)60(51)84/h15,17-18,20-23,26,30-32,34-35,37-39,45-46,48,52-53,57-58,61,71,81-82H,16,19,24-25,27-29,33H2,1-14H3,(H6-,70,72,73,74,75,76,80,83,84,86,87,88,89)/p+1/b17-15+,30-26+,36-18-/t35-,37-,38+,39+,46-,48-,52?,53-,57-,58+,61+,69-/m0/s1. The van der Waals surface area contributed by atoms with Gasteiger partial charge in [0, 0.05) is 123 Å². The zero-order chi connectivity index (χ0) is 69.0. The molecule has 0 spiro atoms. The first kappa shape index (κ1) is 71.4. The lowest BCUT2D eigenvalue weighted by Gasteiger charge is -2.43. The van der Waals surface area contributed by atoms with Crippen LogP contribution in [0.4, 0.5) is 21.9 Å². The van der Waals surface area contributed by atoms with Crippen molar-refractivity contribution in [1.82, 2.24) is 20.9 Å². The van der Waals surface area contributed by atoms with Crippen molar-refractivity contribution in [3.63, 3.8) is 0 Å². The van der Waals surface area contributed by atoms with E-state index >= 15 is 9.59 Å². The number of carbonyl (C=O) groups excluding carboxylic acids is 6. The zero-order valence-corrected chi connectivity index (χ0v) is 56.1. The SMILES string of the molecule is CN[C@H](C(=O)N[C@@H](CCCNC(N)=O)C(=O)Nc1ccc(C[N+](C)(C)C2CCN(c3cc(=O)c4nc5c6c7c(=O)c(c5oc4c3)NC(=O)/C(C)=C\C=C\[C@H](C)[C@H](O)[C@@H](C)[C@@H](O)[C@@H](C)[C@H](OC(C)=O)[C@@H](C)[C@@H](OC)/C=C/O[C@@]3(C)OC(=C(C)C=7O)C6C3=O)CC2)cc1)C(C)C. The maximum absolute atomic E-state index is 15.2. The summed E-state index contributed by atoms with van der Waals surface area (Å²) in [5.74, 6) is -9.75. The third-order valence-corrected chi connectivity index (χ3v) is 19.1. The number of likely N-dealkylation sites (N-methyl/N-ethyl adjacent to an activating group) is 1. The fourth-order valence-corrected chi connectivity index (χ4v) is 13.4. The third kappa shape index (κ3) is 15.2. The van der Waals surface area contributed by atoms with Gasteiger partial charge in [-0.1, -0.05) is 71.9 Å². The Bertz CT molecular complexity index is 3870. The second-order valence-corrected chi connectivity index (χ2v) is 26.5. The number of nitrogens with one attached hydrogen (secondary N) is 5. The molecule has 5 aliphatic rings. The van der Waals surface area contributed by atoms with Crippen LogP contribution in [0.15, 0.2) is 97.9 Å². The second-order valence-electron chi connectivity index (χ2n) is 26.5. The molecule has 5 bridgehead atoms. The van der Waals surface area contributed by atoms with Gasteiger partial charge in [0.25, 0.3) is 5.91 Å². The number of aromatic nitrogens is 1. The normalized spacial score (nSPS) is 26.8. The van der Waals surface area contributed by atoms with Crippen LogP contribution in [0.5, 0.6) is 0 Å². The number of methoxy groups -OCH3 is 1. The van der Waals surface area contributed by atoms with Gasteiger partial charge in [0.2, 0.25) is 28.5 Å². The molecule has 508 valence electrons. The van der Waals surface area contributed by atoms with Crippen molar-refractivity contribution in [2.75, 3.05) is 63.4 Å². The predicted octanol–water partition coefficient (Wildman–Crippen LogP) is 5.33. The number of esters is 1. The number of ketones is 1. The molecule has 2 saturated heterocycles. The largest absolute Gasteiger partial charge is 0.507 e. The summed E-state index contributed by atoms with van der Waals surface area (Å²) < 4.78 is 31.4. The number of urea groups is 1. The summed E-state index contributed by atoms with van der Waals surface area (Å²) in [6.45, 7) is 18.2. The van der Waals surface area contributed by atoms with Gasteiger partial charge in [-0.3, -0.25) is 33.6 Å². The molecule has 1 unspecified atom stereocenters. The average Bonchev–Trinajstić information content (AvgIpc) is 1.37. The predicted molar refractivity (Wildman–Crippen MR) is 355 cm³/mol. The molecule has 10 N–H and O–H groups in total. The van der Waals surface area contributed by atoms with Crippen LogP contribution in [0.1, 0.15) is 112 Å². The Hall–Kier alpha value is -8.49. The molecule has 3 aromatic carbocycles. The molecule has 9 rings (SSSR count). The van der Waals surface area contributed by atoms with Crippen LogP contribution < -0.4 is 53.3 Å². The number of hydrogen-bond donors (Lipinski definition) is 9. The van der Waals surface area contributed by atoms with Gasteiger partial charge in [-0.05, 0) is 57.9 Å². The van der Waals surface area contributed by atoms with E-state index in [9.17, 15) is 44.1 Å². The molecule has 0 saturated carbocycles. The monoisotopic (exact) mass is 1300 g/mol. The number of fused-ring (bicyclic) bond motifs is 14. The van der Waals surface area contributed by atoms with Gasteiger partial charge in [0.1, 0.15) is 47.3 Å². The third-order valence-electron chi connectivity index (χ3n) is 19.1. The van der Waals surface area contributed by atoms with Crippen LogP contribution in [0.3, 0.4) is 0 Å². The number of nitrogens with two attached hydrogens (primary N) is 1. The number of amides is 5. The minimum atomic E-state index is -2.11. The van der Waals surface area contributed by atoms with Crippen molar-refractivity contribution < 1.29 is 71.9 Å². The Morgan fingerprint density at radius 1 is 0.936 bits per heavy atom. The number of piperidine rings is 1. The van der Waals surface area contributed by atoms with Crippen molar-refractivity contribution >= 4 is 80.5 Å². The van der Waals surface area contributed by atoms with Crippen LogP contribution in [0.2, 0.25) is 0 Å². The maximum Gasteiger partial charge on any atom is 0.312 e. The molecule has 2 fully saturated rings. The zero-order valence-electron chi connectivity index (χ0n) is 56.1. The topological polar surface area (TPSA) is 350 Å². The average molecular weight is 1300 g/mol. The quantitative estimate of drug-likeness (QED) is 0.0296. The van der Waals surface area contributed by atoms with Gasteiger partial charge in [-0.25, -0.2) is 9.78 Å². The Kier molecular flexibility index (Phi) is 22.3. The summed E-state index contributed by atoms with van der Waals surface area (Å²) in [7, 11) is 7.41. The fraction of sp³-hybridized carbons (Fsp3) is 0.522. The molecule has 25 nitrogen and oxygen atoms in total. The number of benzene rings is 3. The molecule has 4 aliphatic heterocycles. The van der Waals surface area contributed by atoms with Crippen LogP contribution in [-0.4, -0.2) is 157 Å². The molecule has 94 heavy (non-hydrogen) atoms. The van der Waals surface area contributed by atoms with E-state index in [1.165, 1.54) is 59.3 Å². The molecular formula is C69H92N9O16+. The minimum Gasteiger partial charge on any atom is -0.507 e. The van der Waals surface area contributed by atoms with Crippen molar-refractivity contribution in [2.24, 2.45) is 35.3 Å². The molecule has 0 radical (unpaired) electrons. The summed E-state index contributed by atoms with van der Waals surface area (Å²) in [4.78, 5) is 117. The summed E-state index contributed by atoms with van der Waals surface area (Å²) in [5.41, 5.74) is 4.75. The highest BCUT2D eigenvalue weighted by Crippen LogP contribution is 2.47. The molecule has 5 amide bonds. The van der Waals surface area contributed by atoms with Gasteiger partial charge in [-0.15, -0.1) is 0 Å². The first-order valence-electron chi connectivity index (χ1n) is 32.0. The molecule has 1 aromatic heterocycles. The van der Waals surface area contributed by atoms with Crippen molar-refractivity contribution in [3.05, 3.63) is 121 Å². The fourth-order valence-electron chi connectivity index (χ4n) is 13.4. The molecule has 5 heterocycles. The smallest absolute Gasteiger partial charge is 0.312 e. The van der Waals surface area contributed by atoms with Gasteiger partial charge in [0.15, 0.2) is 16.7 Å². The van der Waals surface area contributed by atoms with Gasteiger partial charge in [-0.2, -0.15) is 0 Å². The highest BCUT2D eigenvalue weighted by molar-refractivity contribution is 6.10. The summed E-state index contributed by atoms with van der Waals surface area (Å²) in [5, 5.41) is 49.0. The number of primary amides is 1. The number of anilines is 3. The number of hydrogen-bond acceptors (Lipinski definition) is 19. The molecule has 1 aliphatic carbocycles. The van der Waals surface area contributed by atoms with Crippen LogP contribution in [0, 0.1) is 29.6 Å². The number of nitrogens with zero attached hydrogens (tertiary/aromatic N) is 3. The lowest BCUT2D eigenvalue weighted by Crippen LogP contribution is -2.53. The highest BCUT2D eigenvalue weighted by Gasteiger charge is 2.56. The lowest BCUT2D eigenvalue weighted by atomic mass is 9.78. The molecule has 12 atom stereocenters. The maximum atomic E-state index is 15.2. The van der Waals surface area contributed by atoms with E-state index in [0.29, 0.717) is 41.9 Å². The molecule has 25 heteroatoms. The number of Topliss-reactive ketones (excluding diaryl/α,β-unsaturated/α-hetero) is 1. The summed E-state index contributed by atoms with van der Waals surface area (Å²) >= 11 is 0. The van der Waals surface area contributed by atoms with Crippen molar-refractivity contribution in [1.29, 1.82) is 0 Å². The number of quaternary nitrogens is 1. The minimum absolute atomic E-state index is 0.0213. The van der Waals surface area contributed by atoms with Crippen molar-refractivity contribution in [2.45, 2.75) is 156 Å². The first-order chi connectivity index (χ1) is 44.3. The van der Waals surface area contributed by atoms with E-state index in [1.807, 2.05) is 38.1 Å². The lowest BCUT2D eigenvalue weighted by molar-refractivity contribution is -0.928.